The molecule has 1 fully saturated rings. The second-order valence-corrected chi connectivity index (χ2v) is 8.66. The smallest absolute Gasteiger partial charge is 0.410 e. The fraction of sp³-hybridized carbons (Fsp3) is 0.737. The lowest BCUT2D eigenvalue weighted by molar-refractivity contribution is 0.0221. The highest BCUT2D eigenvalue weighted by molar-refractivity contribution is 5.82. The second kappa shape index (κ2) is 8.08. The number of nitrogen functional groups attached to an aromatic ring is 1. The summed E-state index contributed by atoms with van der Waals surface area (Å²) in [5.41, 5.74) is 7.20. The van der Waals surface area contributed by atoms with Crippen molar-refractivity contribution in [2.24, 2.45) is 0 Å². The van der Waals surface area contributed by atoms with Gasteiger partial charge in [-0.25, -0.2) is 4.79 Å². The second-order valence-electron chi connectivity index (χ2n) is 8.66. The summed E-state index contributed by atoms with van der Waals surface area (Å²) < 4.78 is 6.75. The minimum absolute atomic E-state index is 0.102. The van der Waals surface area contributed by atoms with Gasteiger partial charge in [0.25, 0.3) is 0 Å². The number of amides is 1. The fourth-order valence-electron chi connectivity index (χ4n) is 3.52. The Morgan fingerprint density at radius 1 is 1.14 bits per heavy atom. The average Bonchev–Trinajstić information content (AvgIpc) is 2.96. The van der Waals surface area contributed by atoms with Gasteiger partial charge in [-0.15, -0.1) is 0 Å². The number of aromatic nitrogens is 2. The fourth-order valence-corrected chi connectivity index (χ4v) is 3.52. The SMILES string of the molecule is CN1CCN(CCC(=O)n2nc3c(c2N)CCN(C(=O)OC(C)(C)C)C3)CC1. The molecule has 3 heterocycles. The molecule has 2 aliphatic heterocycles. The highest BCUT2D eigenvalue weighted by Gasteiger charge is 2.30. The van der Waals surface area contributed by atoms with Gasteiger partial charge in [-0.05, 0) is 34.2 Å². The third-order valence-electron chi connectivity index (χ3n) is 5.20. The van der Waals surface area contributed by atoms with E-state index in [1.54, 1.807) is 4.90 Å². The lowest BCUT2D eigenvalue weighted by Crippen LogP contribution is -2.45. The summed E-state index contributed by atoms with van der Waals surface area (Å²) in [7, 11) is 2.11. The van der Waals surface area contributed by atoms with Crippen molar-refractivity contribution >= 4 is 17.8 Å². The number of hydrogen-bond donors (Lipinski definition) is 1. The standard InChI is InChI=1S/C19H32N6O3/c1-19(2,3)28-18(27)24-8-5-14-15(13-24)21-25(17(14)20)16(26)6-7-23-11-9-22(4)10-12-23/h5-13,20H2,1-4H3. The number of carbonyl (C=O) groups is 2. The highest BCUT2D eigenvalue weighted by atomic mass is 16.6. The minimum Gasteiger partial charge on any atom is -0.444 e. The maximum atomic E-state index is 12.7. The molecule has 1 aromatic heterocycles. The van der Waals surface area contributed by atoms with Crippen molar-refractivity contribution in [3.05, 3.63) is 11.3 Å². The maximum Gasteiger partial charge on any atom is 0.410 e. The van der Waals surface area contributed by atoms with Crippen LogP contribution >= 0.6 is 0 Å². The van der Waals surface area contributed by atoms with Crippen molar-refractivity contribution in [3.8, 4) is 0 Å². The van der Waals surface area contributed by atoms with Gasteiger partial charge in [-0.2, -0.15) is 9.78 Å². The van der Waals surface area contributed by atoms with Crippen molar-refractivity contribution in [2.45, 2.75) is 45.8 Å². The molecule has 0 saturated carbocycles. The average molecular weight is 393 g/mol. The van der Waals surface area contributed by atoms with E-state index in [-0.39, 0.29) is 12.0 Å². The molecule has 0 aliphatic carbocycles. The molecule has 0 aromatic carbocycles. The van der Waals surface area contributed by atoms with Gasteiger partial charge >= 0.3 is 6.09 Å². The molecule has 1 amide bonds. The summed E-state index contributed by atoms with van der Waals surface area (Å²) >= 11 is 0. The number of piperazine rings is 1. The lowest BCUT2D eigenvalue weighted by atomic mass is 10.1. The number of nitrogens with zero attached hydrogens (tertiary/aromatic N) is 5. The number of nitrogens with two attached hydrogens (primary N) is 1. The third kappa shape index (κ3) is 4.82. The van der Waals surface area contributed by atoms with Crippen molar-refractivity contribution in [1.82, 2.24) is 24.5 Å². The van der Waals surface area contributed by atoms with Gasteiger partial charge in [-0.3, -0.25) is 4.79 Å². The Labute approximate surface area is 166 Å². The monoisotopic (exact) mass is 392 g/mol. The molecular weight excluding hydrogens is 360 g/mol. The van der Waals surface area contributed by atoms with Gasteiger partial charge in [0.2, 0.25) is 5.91 Å². The van der Waals surface area contributed by atoms with Gasteiger partial charge in [0.1, 0.15) is 11.4 Å². The van der Waals surface area contributed by atoms with Gasteiger partial charge < -0.3 is 25.2 Å². The minimum atomic E-state index is -0.547. The first-order valence-electron chi connectivity index (χ1n) is 9.92. The van der Waals surface area contributed by atoms with E-state index in [4.69, 9.17) is 10.5 Å². The number of fused-ring (bicyclic) bond motifs is 1. The topological polar surface area (TPSA) is 96.9 Å². The molecule has 2 N–H and O–H groups in total. The van der Waals surface area contributed by atoms with Crippen molar-refractivity contribution in [1.29, 1.82) is 0 Å². The Morgan fingerprint density at radius 3 is 2.46 bits per heavy atom. The van der Waals surface area contributed by atoms with Crippen LogP contribution < -0.4 is 5.73 Å². The van der Waals surface area contributed by atoms with E-state index < -0.39 is 5.60 Å². The Balaban J connectivity index is 1.61. The molecule has 0 unspecified atom stereocenters. The van der Waals surface area contributed by atoms with Crippen LogP contribution in [0.3, 0.4) is 0 Å². The molecule has 9 nitrogen and oxygen atoms in total. The van der Waals surface area contributed by atoms with Crippen LogP contribution in [-0.4, -0.2) is 88.4 Å². The molecule has 0 radical (unpaired) electrons. The number of anilines is 1. The number of hydrogen-bond acceptors (Lipinski definition) is 7. The zero-order valence-electron chi connectivity index (χ0n) is 17.4. The molecule has 0 spiro atoms. The first kappa shape index (κ1) is 20.6. The number of carbonyl (C=O) groups excluding carboxylic acids is 2. The largest absolute Gasteiger partial charge is 0.444 e. The normalized spacial score (nSPS) is 18.8. The van der Waals surface area contributed by atoms with E-state index in [0.717, 1.165) is 31.7 Å². The van der Waals surface area contributed by atoms with Crippen LogP contribution in [0.5, 0.6) is 0 Å². The molecule has 9 heteroatoms. The first-order valence-corrected chi connectivity index (χ1v) is 9.92. The summed E-state index contributed by atoms with van der Waals surface area (Å²) in [6, 6.07) is 0. The van der Waals surface area contributed by atoms with E-state index in [1.165, 1.54) is 4.68 Å². The summed E-state index contributed by atoms with van der Waals surface area (Å²) in [6.45, 7) is 11.0. The molecule has 3 rings (SSSR count). The van der Waals surface area contributed by atoms with Crippen molar-refractivity contribution in [3.63, 3.8) is 0 Å². The highest BCUT2D eigenvalue weighted by Crippen LogP contribution is 2.25. The van der Waals surface area contributed by atoms with E-state index in [9.17, 15) is 9.59 Å². The van der Waals surface area contributed by atoms with E-state index in [2.05, 4.69) is 21.9 Å². The van der Waals surface area contributed by atoms with Crippen LogP contribution in [0.25, 0.3) is 0 Å². The van der Waals surface area contributed by atoms with Crippen LogP contribution in [-0.2, 0) is 17.7 Å². The zero-order chi connectivity index (χ0) is 20.5. The molecule has 156 valence electrons. The van der Waals surface area contributed by atoms with Crippen LogP contribution in [0.2, 0.25) is 0 Å². The van der Waals surface area contributed by atoms with Gasteiger partial charge in [-0.1, -0.05) is 0 Å². The molecule has 0 bridgehead atoms. The first-order chi connectivity index (χ1) is 13.1. The summed E-state index contributed by atoms with van der Waals surface area (Å²) in [5.74, 6) is 0.303. The Morgan fingerprint density at radius 2 is 1.82 bits per heavy atom. The molecule has 28 heavy (non-hydrogen) atoms. The Kier molecular flexibility index (Phi) is 5.95. The van der Waals surface area contributed by atoms with Gasteiger partial charge in [0.05, 0.1) is 12.2 Å². The molecule has 1 saturated heterocycles. The predicted octanol–water partition coefficient (Wildman–Crippen LogP) is 1.04. The van der Waals surface area contributed by atoms with Crippen molar-refractivity contribution in [2.75, 3.05) is 52.0 Å². The molecule has 1 aromatic rings. The van der Waals surface area contributed by atoms with E-state index >= 15 is 0 Å². The number of likely N-dealkylation sites (N-methyl/N-ethyl adjacent to an activating group) is 1. The van der Waals surface area contributed by atoms with Gasteiger partial charge in [0.15, 0.2) is 0 Å². The summed E-state index contributed by atoms with van der Waals surface area (Å²) in [5, 5.41) is 4.42. The molecule has 0 atom stereocenters. The molecule has 2 aliphatic rings. The Hall–Kier alpha value is -2.13. The quantitative estimate of drug-likeness (QED) is 0.821. The molecular formula is C19H32N6O3. The van der Waals surface area contributed by atoms with Crippen LogP contribution in [0, 0.1) is 0 Å². The maximum absolute atomic E-state index is 12.7. The van der Waals surface area contributed by atoms with Crippen LogP contribution in [0.1, 0.15) is 43.2 Å². The number of rotatable bonds is 3. The zero-order valence-corrected chi connectivity index (χ0v) is 17.4. The van der Waals surface area contributed by atoms with E-state index in [1.807, 2.05) is 20.8 Å². The summed E-state index contributed by atoms with van der Waals surface area (Å²) in [6.07, 6.45) is 0.587. The summed E-state index contributed by atoms with van der Waals surface area (Å²) in [4.78, 5) is 31.2. The van der Waals surface area contributed by atoms with Crippen LogP contribution in [0.4, 0.5) is 10.6 Å². The Bertz CT molecular complexity index is 731. The van der Waals surface area contributed by atoms with Crippen molar-refractivity contribution < 1.29 is 14.3 Å². The van der Waals surface area contributed by atoms with Crippen LogP contribution in [0.15, 0.2) is 0 Å². The van der Waals surface area contributed by atoms with E-state index in [0.29, 0.717) is 44.0 Å². The third-order valence-corrected chi connectivity index (χ3v) is 5.20. The number of ether oxygens (including phenoxy) is 1. The lowest BCUT2D eigenvalue weighted by Gasteiger charge is -2.32. The van der Waals surface area contributed by atoms with Gasteiger partial charge in [0, 0.05) is 51.3 Å². The predicted molar refractivity (Wildman–Crippen MR) is 106 cm³/mol.